The van der Waals surface area contributed by atoms with Crippen molar-refractivity contribution in [2.45, 2.75) is 6.92 Å². The van der Waals surface area contributed by atoms with Gasteiger partial charge in [0.25, 0.3) is 0 Å². The van der Waals surface area contributed by atoms with Gasteiger partial charge < -0.3 is 39.7 Å². The van der Waals surface area contributed by atoms with Gasteiger partial charge in [0, 0.05) is 129 Å². The second kappa shape index (κ2) is 24.3. The number of rotatable bonds is 4. The lowest BCUT2D eigenvalue weighted by Gasteiger charge is -2.07. The lowest BCUT2D eigenvalue weighted by atomic mass is 9.97. The molecular formula is C115H63N3O6. The van der Waals surface area contributed by atoms with Gasteiger partial charge in [0.15, 0.2) is 33.5 Å². The Bertz CT molecular complexity index is 9540. The van der Waals surface area contributed by atoms with Crippen molar-refractivity contribution < 1.29 is 26.5 Å². The van der Waals surface area contributed by atoms with Crippen molar-refractivity contribution >= 4 is 246 Å². The zero-order valence-electron chi connectivity index (χ0n) is 66.4. The SMILES string of the molecule is Cc1ccc(-c2cc3c4ccc5c6ccccc6oc5c4n4c3c(c2)c2ccc3c5ccccc5oc3c24)cc1.c1ccc(-c2cc3c4ccc5c6ccccc6oc5c4n4c3c(c2)c2ccc3c5ccccc5oc3c24)cc1.c1ccc(-c2ccc(-c3cc4c5ccc6c7ccccc7oc6c5n5c4c(c3)c3ccc4c6ccccc6oc4c35)cc2)cc1. The molecule has 0 radical (unpaired) electrons. The van der Waals surface area contributed by atoms with Crippen LogP contribution in [0.4, 0.5) is 0 Å². The van der Waals surface area contributed by atoms with Crippen LogP contribution in [0.25, 0.3) is 290 Å². The average Bonchev–Trinajstić information content (AvgIpc) is 1.52. The molecule has 9 heteroatoms. The van der Waals surface area contributed by atoms with E-state index in [-0.39, 0.29) is 0 Å². The van der Waals surface area contributed by atoms with Crippen molar-refractivity contribution in [1.82, 2.24) is 13.2 Å². The number of hydrogen-bond donors (Lipinski definition) is 0. The molecular weight excluding hydrogens is 1520 g/mol. The molecule has 19 aromatic carbocycles. The third kappa shape index (κ3) is 8.89. The highest BCUT2D eigenvalue weighted by atomic mass is 16.4. The topological polar surface area (TPSA) is 92.1 Å². The molecule has 12 heterocycles. The summed E-state index contributed by atoms with van der Waals surface area (Å²) < 4.78 is 47.0. The predicted octanol–water partition coefficient (Wildman–Crippen LogP) is 32.9. The summed E-state index contributed by atoms with van der Waals surface area (Å²) in [7, 11) is 0. The first kappa shape index (κ1) is 66.3. The van der Waals surface area contributed by atoms with Gasteiger partial charge in [-0.2, -0.15) is 0 Å². The van der Waals surface area contributed by atoms with E-state index in [0.29, 0.717) is 0 Å². The Balaban J connectivity index is 0.0000000934. The van der Waals surface area contributed by atoms with E-state index in [9.17, 15) is 0 Å². The van der Waals surface area contributed by atoms with Crippen LogP contribution in [0, 0.1) is 6.92 Å². The third-order valence-electron chi connectivity index (χ3n) is 27.0. The smallest absolute Gasteiger partial charge is 0.160 e. The highest BCUT2D eigenvalue weighted by molar-refractivity contribution is 6.36. The number of hydrogen-bond acceptors (Lipinski definition) is 6. The fourth-order valence-corrected chi connectivity index (χ4v) is 21.5. The Kier molecular flexibility index (Phi) is 13.0. The van der Waals surface area contributed by atoms with Crippen LogP contribution in [0.2, 0.25) is 0 Å². The van der Waals surface area contributed by atoms with Crippen molar-refractivity contribution in [2.75, 3.05) is 0 Å². The van der Waals surface area contributed by atoms with Gasteiger partial charge in [0.2, 0.25) is 0 Å². The highest BCUT2D eigenvalue weighted by Crippen LogP contribution is 2.53. The van der Waals surface area contributed by atoms with Gasteiger partial charge in [-0.15, -0.1) is 0 Å². The number of fused-ring (bicyclic) bond motifs is 42. The molecule has 0 atom stereocenters. The van der Waals surface area contributed by atoms with Crippen molar-refractivity contribution in [3.63, 3.8) is 0 Å². The quantitative estimate of drug-likeness (QED) is 0.174. The molecule has 0 N–H and O–H groups in total. The number of aromatic nitrogens is 3. The van der Waals surface area contributed by atoms with E-state index in [1.54, 1.807) is 0 Å². The van der Waals surface area contributed by atoms with E-state index in [2.05, 4.69) is 348 Å². The monoisotopic (exact) mass is 1580 g/mol. The van der Waals surface area contributed by atoms with E-state index in [1.807, 2.05) is 36.4 Å². The Labute approximate surface area is 702 Å². The first-order valence-corrected chi connectivity index (χ1v) is 42.3. The van der Waals surface area contributed by atoms with Crippen LogP contribution in [-0.4, -0.2) is 13.2 Å². The molecule has 0 unspecified atom stereocenters. The zero-order chi connectivity index (χ0) is 80.6. The van der Waals surface area contributed by atoms with Crippen molar-refractivity contribution in [3.05, 3.63) is 370 Å². The van der Waals surface area contributed by atoms with Gasteiger partial charge in [0.1, 0.15) is 33.5 Å². The van der Waals surface area contributed by atoms with Gasteiger partial charge in [0.05, 0.1) is 49.7 Å². The van der Waals surface area contributed by atoms with Crippen LogP contribution in [-0.2, 0) is 0 Å². The summed E-state index contributed by atoms with van der Waals surface area (Å²) in [5, 5.41) is 28.0. The number of nitrogens with zero attached hydrogens (tertiary/aromatic N) is 3. The summed E-state index contributed by atoms with van der Waals surface area (Å²) in [5.41, 5.74) is 32.0. The molecule has 124 heavy (non-hydrogen) atoms. The maximum Gasteiger partial charge on any atom is 0.160 e. The van der Waals surface area contributed by atoms with E-state index in [1.165, 1.54) is 131 Å². The standard InChI is InChI=1S/C42H23NO2.C37H21NO2.C36H19NO2/c1-2-8-24(9-3-1)25-14-16-26(17-15-25)27-22-34-30-18-20-32-28-10-4-6-12-36(28)44-41(32)39(30)43-38(34)35(23-27)31-19-21-33-29-11-5-7-13-37(29)45-42(33)40(31)43;1-20-10-12-21(13-11-20)22-18-29-25-14-16-27-23-6-2-4-8-31(23)39-36(27)34(25)38-33(29)30(19-22)26-15-17-28-24-7-3-5-9-32(24)40-37(28)35(26)38;1-2-8-20(9-3-1)21-18-28-24-14-16-26-22-10-4-6-12-30(22)38-35(26)33(24)37-32(28)29(19-21)25-15-17-27-23-11-5-7-13-31(23)39-36(27)34(25)37/h1-23H;2-19H,1H3;1-19H. The second-order valence-corrected chi connectivity index (χ2v) is 33.6. The molecule has 0 saturated carbocycles. The van der Waals surface area contributed by atoms with Gasteiger partial charge in [-0.3, -0.25) is 0 Å². The average molecular weight is 1580 g/mol. The first-order valence-electron chi connectivity index (χ1n) is 42.3. The van der Waals surface area contributed by atoms with Gasteiger partial charge in [-0.25, -0.2) is 0 Å². The molecule has 31 rings (SSSR count). The summed E-state index contributed by atoms with van der Waals surface area (Å²) in [6.45, 7) is 2.13. The molecule has 0 bridgehead atoms. The normalized spacial score (nSPS) is 12.6. The minimum Gasteiger partial charge on any atom is -0.454 e. The Hall–Kier alpha value is -16.6. The largest absolute Gasteiger partial charge is 0.454 e. The summed E-state index contributed by atoms with van der Waals surface area (Å²) in [5.74, 6) is 0. The fraction of sp³-hybridized carbons (Fsp3) is 0.00870. The number of furan rings is 6. The van der Waals surface area contributed by atoms with Crippen LogP contribution in [0.5, 0.6) is 0 Å². The maximum absolute atomic E-state index is 6.67. The Morgan fingerprint density at radius 3 is 0.548 bits per heavy atom. The molecule has 12 aromatic heterocycles. The first-order chi connectivity index (χ1) is 61.4. The number of aryl methyl sites for hydroxylation is 1. The summed E-state index contributed by atoms with van der Waals surface area (Å²) in [4.78, 5) is 0. The van der Waals surface area contributed by atoms with Crippen LogP contribution in [0.15, 0.2) is 390 Å². The zero-order valence-corrected chi connectivity index (χ0v) is 66.4. The minimum absolute atomic E-state index is 0.901. The van der Waals surface area contributed by atoms with Crippen LogP contribution in [0.1, 0.15) is 5.56 Å². The van der Waals surface area contributed by atoms with Gasteiger partial charge in [-0.1, -0.05) is 260 Å². The number of para-hydroxylation sites is 6. The summed E-state index contributed by atoms with van der Waals surface area (Å²) in [6.07, 6.45) is 0. The van der Waals surface area contributed by atoms with Crippen LogP contribution in [0.3, 0.4) is 0 Å². The van der Waals surface area contributed by atoms with Crippen LogP contribution < -0.4 is 0 Å². The minimum atomic E-state index is 0.901. The van der Waals surface area contributed by atoms with Crippen LogP contribution >= 0.6 is 0 Å². The molecule has 0 saturated heterocycles. The van der Waals surface area contributed by atoms with E-state index in [0.717, 1.165) is 165 Å². The third-order valence-corrected chi connectivity index (χ3v) is 27.0. The van der Waals surface area contributed by atoms with E-state index in [4.69, 9.17) is 26.5 Å². The van der Waals surface area contributed by atoms with Gasteiger partial charge in [-0.05, 0) is 161 Å². The van der Waals surface area contributed by atoms with Crippen molar-refractivity contribution in [2.24, 2.45) is 0 Å². The van der Waals surface area contributed by atoms with E-state index >= 15 is 0 Å². The maximum atomic E-state index is 6.67. The molecule has 0 amide bonds. The lowest BCUT2D eigenvalue weighted by molar-refractivity contribution is 0.669. The molecule has 0 aliphatic rings. The molecule has 9 nitrogen and oxygen atoms in total. The highest BCUT2D eigenvalue weighted by Gasteiger charge is 2.31. The van der Waals surface area contributed by atoms with E-state index < -0.39 is 0 Å². The molecule has 0 spiro atoms. The summed E-state index contributed by atoms with van der Waals surface area (Å²) in [6, 6.07) is 130. The predicted molar refractivity (Wildman–Crippen MR) is 513 cm³/mol. The molecule has 0 fully saturated rings. The Morgan fingerprint density at radius 2 is 0.315 bits per heavy atom. The Morgan fingerprint density at radius 1 is 0.137 bits per heavy atom. The molecule has 31 aromatic rings. The molecule has 574 valence electrons. The molecule has 0 aliphatic carbocycles. The lowest BCUT2D eigenvalue weighted by Crippen LogP contribution is -1.82. The second-order valence-electron chi connectivity index (χ2n) is 33.6. The van der Waals surface area contributed by atoms with Crippen molar-refractivity contribution in [1.29, 1.82) is 0 Å². The van der Waals surface area contributed by atoms with Gasteiger partial charge >= 0.3 is 0 Å². The molecule has 0 aliphatic heterocycles. The summed E-state index contributed by atoms with van der Waals surface area (Å²) >= 11 is 0. The number of benzene rings is 19. The van der Waals surface area contributed by atoms with Crippen molar-refractivity contribution in [3.8, 4) is 44.5 Å². The fourth-order valence-electron chi connectivity index (χ4n) is 21.5.